The van der Waals surface area contributed by atoms with Gasteiger partial charge in [-0.15, -0.1) is 0 Å². The summed E-state index contributed by atoms with van der Waals surface area (Å²) in [5, 5.41) is 6.55. The van der Waals surface area contributed by atoms with Gasteiger partial charge in [0, 0.05) is 0 Å². The molecular formula is C3H4BrNO. The van der Waals surface area contributed by atoms with Crippen LogP contribution in [0.5, 0.6) is 0 Å². The topological polar surface area (TPSA) is 40.9 Å². The molecule has 34 valence electrons. The molecule has 0 amide bonds. The molecule has 6 heavy (non-hydrogen) atoms. The quantitative estimate of drug-likeness (QED) is 0.438. The lowest BCUT2D eigenvalue weighted by atomic mass is 10.5. The molecule has 0 aromatic rings. The molecule has 0 spiro atoms. The van der Waals surface area contributed by atoms with Gasteiger partial charge in [0.15, 0.2) is 0 Å². The molecule has 0 radical (unpaired) electrons. The van der Waals surface area contributed by atoms with Crippen molar-refractivity contribution < 1.29 is 4.79 Å². The lowest BCUT2D eigenvalue weighted by molar-refractivity contribution is -0.105. The highest BCUT2D eigenvalue weighted by molar-refractivity contribution is 9.19. The predicted octanol–water partition coefficient (Wildman–Crippen LogP) is 0.948. The van der Waals surface area contributed by atoms with E-state index in [1.54, 1.807) is 0 Å². The van der Waals surface area contributed by atoms with Crippen molar-refractivity contribution in [1.29, 1.82) is 5.41 Å². The molecule has 2 nitrogen and oxygen atoms in total. The maximum absolute atomic E-state index is 9.84. The minimum absolute atomic E-state index is 0.0370. The fraction of sp³-hybridized carbons (Fsp3) is 0.333. The Bertz CT molecular complexity index is 76.8. The highest BCUT2D eigenvalue weighted by Crippen LogP contribution is 1.82. The fourth-order valence-electron chi connectivity index (χ4n) is 0. The number of hydrogen-bond donors (Lipinski definition) is 1. The predicted molar refractivity (Wildman–Crippen MR) is 27.3 cm³/mol. The molecule has 1 N–H and O–H groups in total. The summed E-state index contributed by atoms with van der Waals surface area (Å²) in [7, 11) is 0. The first-order chi connectivity index (χ1) is 2.64. The van der Waals surface area contributed by atoms with Gasteiger partial charge in [0.05, 0.1) is 5.71 Å². The Balaban J connectivity index is 3.57. The van der Waals surface area contributed by atoms with Gasteiger partial charge in [-0.05, 0) is 22.9 Å². The summed E-state index contributed by atoms with van der Waals surface area (Å²) in [5.41, 5.74) is 0.0370. The summed E-state index contributed by atoms with van der Waals surface area (Å²) in [6.45, 7) is 1.43. The lowest BCUT2D eigenvalue weighted by Gasteiger charge is -1.75. The van der Waals surface area contributed by atoms with Gasteiger partial charge in [0.1, 0.15) is 0 Å². The van der Waals surface area contributed by atoms with Crippen molar-refractivity contribution in [2.24, 2.45) is 0 Å². The van der Waals surface area contributed by atoms with E-state index in [4.69, 9.17) is 5.41 Å². The lowest BCUT2D eigenvalue weighted by Crippen LogP contribution is -1.96. The number of carbonyl (C=O) groups is 1. The molecule has 0 aromatic carbocycles. The highest BCUT2D eigenvalue weighted by atomic mass is 79.9. The molecule has 3 heteroatoms. The molecule has 0 saturated carbocycles. The van der Waals surface area contributed by atoms with E-state index in [0.717, 1.165) is 0 Å². The van der Waals surface area contributed by atoms with Crippen LogP contribution in [0.25, 0.3) is 0 Å². The van der Waals surface area contributed by atoms with Gasteiger partial charge in [-0.2, -0.15) is 0 Å². The Kier molecular flexibility index (Phi) is 2.01. The molecule has 0 aliphatic heterocycles. The van der Waals surface area contributed by atoms with E-state index in [2.05, 4.69) is 15.9 Å². The Morgan fingerprint density at radius 1 is 1.83 bits per heavy atom. The van der Waals surface area contributed by atoms with Gasteiger partial charge in [0.2, 0.25) is 4.69 Å². The molecular weight excluding hydrogens is 146 g/mol. The van der Waals surface area contributed by atoms with E-state index in [1.807, 2.05) is 0 Å². The van der Waals surface area contributed by atoms with Crippen molar-refractivity contribution in [2.75, 3.05) is 0 Å². The van der Waals surface area contributed by atoms with Crippen LogP contribution in [-0.2, 0) is 4.79 Å². The third-order valence-corrected chi connectivity index (χ3v) is 0.890. The van der Waals surface area contributed by atoms with E-state index < -0.39 is 0 Å². The van der Waals surface area contributed by atoms with Crippen LogP contribution in [0.4, 0.5) is 0 Å². The second-order valence-electron chi connectivity index (χ2n) is 0.899. The van der Waals surface area contributed by atoms with Crippen LogP contribution in [0.2, 0.25) is 0 Å². The van der Waals surface area contributed by atoms with Crippen molar-refractivity contribution >= 4 is 26.3 Å². The van der Waals surface area contributed by atoms with Gasteiger partial charge in [-0.3, -0.25) is 4.79 Å². The Morgan fingerprint density at radius 3 is 2.00 bits per heavy atom. The Hall–Kier alpha value is -0.180. The second kappa shape index (κ2) is 2.08. The monoisotopic (exact) mass is 149 g/mol. The molecule has 0 unspecified atom stereocenters. The maximum atomic E-state index is 9.84. The zero-order valence-electron chi connectivity index (χ0n) is 3.29. The molecule has 0 heterocycles. The first-order valence-corrected chi connectivity index (χ1v) is 2.19. The highest BCUT2D eigenvalue weighted by Gasteiger charge is 1.91. The van der Waals surface area contributed by atoms with Crippen molar-refractivity contribution in [3.05, 3.63) is 0 Å². The van der Waals surface area contributed by atoms with Crippen LogP contribution in [0.3, 0.4) is 0 Å². The zero-order valence-corrected chi connectivity index (χ0v) is 4.87. The summed E-state index contributed by atoms with van der Waals surface area (Å²) in [6, 6.07) is 0. The van der Waals surface area contributed by atoms with Gasteiger partial charge in [-0.25, -0.2) is 0 Å². The van der Waals surface area contributed by atoms with Crippen LogP contribution in [0.15, 0.2) is 0 Å². The summed E-state index contributed by atoms with van der Waals surface area (Å²) >= 11 is 2.58. The van der Waals surface area contributed by atoms with E-state index in [-0.39, 0.29) is 10.4 Å². The number of rotatable bonds is 1. The van der Waals surface area contributed by atoms with Gasteiger partial charge >= 0.3 is 0 Å². The third-order valence-electron chi connectivity index (χ3n) is 0.295. The third kappa shape index (κ3) is 2.08. The van der Waals surface area contributed by atoms with Crippen molar-refractivity contribution in [2.45, 2.75) is 6.92 Å². The number of halogens is 1. The second-order valence-corrected chi connectivity index (χ2v) is 1.62. The molecule has 0 aliphatic rings. The van der Waals surface area contributed by atoms with Crippen LogP contribution >= 0.6 is 15.9 Å². The zero-order chi connectivity index (χ0) is 5.15. The maximum Gasteiger partial charge on any atom is 0.241 e. The molecule has 0 aliphatic carbocycles. The van der Waals surface area contributed by atoms with Crippen LogP contribution in [0.1, 0.15) is 6.92 Å². The number of nitrogens with one attached hydrogen (secondary N) is 1. The van der Waals surface area contributed by atoms with Crippen LogP contribution < -0.4 is 0 Å². The van der Waals surface area contributed by atoms with E-state index in [1.165, 1.54) is 6.92 Å². The smallest absolute Gasteiger partial charge is 0.241 e. The number of carbonyl (C=O) groups excluding carboxylic acids is 1. The molecule has 0 fully saturated rings. The molecule has 0 aromatic heterocycles. The van der Waals surface area contributed by atoms with Crippen LogP contribution in [-0.4, -0.2) is 10.4 Å². The van der Waals surface area contributed by atoms with Crippen molar-refractivity contribution in [3.63, 3.8) is 0 Å². The van der Waals surface area contributed by atoms with Gasteiger partial charge < -0.3 is 5.41 Å². The first kappa shape index (κ1) is 5.82. The number of hydrogen-bond acceptors (Lipinski definition) is 2. The summed E-state index contributed by atoms with van der Waals surface area (Å²) in [6.07, 6.45) is 0. The summed E-state index contributed by atoms with van der Waals surface area (Å²) in [5.74, 6) is 0. The summed E-state index contributed by atoms with van der Waals surface area (Å²) in [4.78, 5) is 9.84. The molecule has 0 atom stereocenters. The molecule has 0 bridgehead atoms. The molecule has 0 rings (SSSR count). The van der Waals surface area contributed by atoms with Crippen LogP contribution in [0, 0.1) is 5.41 Å². The average molecular weight is 150 g/mol. The Morgan fingerprint density at radius 2 is 2.00 bits per heavy atom. The van der Waals surface area contributed by atoms with E-state index >= 15 is 0 Å². The fourth-order valence-corrected chi connectivity index (χ4v) is 0. The Labute approximate surface area is 44.2 Å². The summed E-state index contributed by atoms with van der Waals surface area (Å²) < 4.78 is -0.345. The first-order valence-electron chi connectivity index (χ1n) is 1.39. The van der Waals surface area contributed by atoms with E-state index in [9.17, 15) is 4.79 Å². The SMILES string of the molecule is CC(=N)C(=O)Br. The minimum atomic E-state index is -0.345. The van der Waals surface area contributed by atoms with Gasteiger partial charge in [0.25, 0.3) is 0 Å². The van der Waals surface area contributed by atoms with Crippen molar-refractivity contribution in [3.8, 4) is 0 Å². The van der Waals surface area contributed by atoms with Gasteiger partial charge in [-0.1, -0.05) is 0 Å². The minimum Gasteiger partial charge on any atom is -0.301 e. The average Bonchev–Trinajstić information content (AvgIpc) is 1.36. The molecule has 0 saturated heterocycles. The largest absolute Gasteiger partial charge is 0.301 e. The standard InChI is InChI=1S/C3H4BrNO/c1-2(5)3(4)6/h5H,1H3. The van der Waals surface area contributed by atoms with Crippen molar-refractivity contribution in [1.82, 2.24) is 0 Å². The van der Waals surface area contributed by atoms with E-state index in [0.29, 0.717) is 0 Å². The normalized spacial score (nSPS) is 7.67.